The number of nitrogens with zero attached hydrogens (tertiary/aromatic N) is 1. The first-order valence-corrected chi connectivity index (χ1v) is 8.68. The van der Waals surface area contributed by atoms with E-state index < -0.39 is 11.9 Å². The Morgan fingerprint density at radius 2 is 2.09 bits per heavy atom. The normalized spacial score (nSPS) is 12.1. The van der Waals surface area contributed by atoms with Crippen LogP contribution in [-0.2, 0) is 16.0 Å². The average molecular weight is 372 g/mol. The van der Waals surface area contributed by atoms with Crippen molar-refractivity contribution in [1.29, 1.82) is 0 Å². The van der Waals surface area contributed by atoms with Crippen LogP contribution in [0.4, 0.5) is 0 Å². The van der Waals surface area contributed by atoms with Crippen molar-refractivity contribution in [2.24, 2.45) is 5.92 Å². The second-order valence-corrected chi connectivity index (χ2v) is 6.83. The van der Waals surface area contributed by atoms with Crippen molar-refractivity contribution in [2.45, 2.75) is 26.2 Å². The predicted octanol–water partition coefficient (Wildman–Crippen LogP) is 4.73. The van der Waals surface area contributed by atoms with Gasteiger partial charge in [0.15, 0.2) is 0 Å². The Labute approximate surface area is 148 Å². The first-order chi connectivity index (χ1) is 10.9. The van der Waals surface area contributed by atoms with Gasteiger partial charge in [-0.25, -0.2) is 4.98 Å². The molecule has 0 saturated carbocycles. The Bertz CT molecular complexity index is 730. The number of benzene rings is 1. The van der Waals surface area contributed by atoms with Crippen molar-refractivity contribution in [3.8, 4) is 10.6 Å². The molecule has 0 aliphatic rings. The lowest BCUT2D eigenvalue weighted by atomic mass is 9.98. The Morgan fingerprint density at radius 1 is 1.35 bits per heavy atom. The molecule has 0 radical (unpaired) electrons. The van der Waals surface area contributed by atoms with Crippen molar-refractivity contribution in [3.05, 3.63) is 39.3 Å². The van der Waals surface area contributed by atoms with E-state index in [1.807, 2.05) is 0 Å². The molecule has 0 saturated heterocycles. The molecule has 0 spiro atoms. The van der Waals surface area contributed by atoms with Crippen molar-refractivity contribution in [3.63, 3.8) is 0 Å². The fourth-order valence-electron chi connectivity index (χ4n) is 2.13. The summed E-state index contributed by atoms with van der Waals surface area (Å²) in [5.41, 5.74) is 1.39. The van der Waals surface area contributed by atoms with E-state index in [-0.39, 0.29) is 18.6 Å². The highest BCUT2D eigenvalue weighted by atomic mass is 35.5. The highest BCUT2D eigenvalue weighted by molar-refractivity contribution is 7.13. The Morgan fingerprint density at radius 3 is 2.70 bits per heavy atom. The van der Waals surface area contributed by atoms with E-state index in [1.54, 1.807) is 30.5 Å². The van der Waals surface area contributed by atoms with Crippen LogP contribution in [0.2, 0.25) is 10.0 Å². The molecule has 0 aliphatic carbocycles. The number of carbonyl (C=O) groups excluding carboxylic acids is 1. The molecule has 2 rings (SSSR count). The molecule has 0 bridgehead atoms. The van der Waals surface area contributed by atoms with Crippen molar-refractivity contribution in [1.82, 2.24) is 4.98 Å². The molecule has 1 N–H and O–H groups in total. The zero-order valence-corrected chi connectivity index (χ0v) is 14.7. The minimum Gasteiger partial charge on any atom is -0.481 e. The van der Waals surface area contributed by atoms with E-state index >= 15 is 0 Å². The molecule has 2 aromatic rings. The Kier molecular flexibility index (Phi) is 6.16. The second kappa shape index (κ2) is 7.90. The fourth-order valence-corrected chi connectivity index (χ4v) is 3.54. The molecule has 0 amide bonds. The zero-order chi connectivity index (χ0) is 17.0. The van der Waals surface area contributed by atoms with Gasteiger partial charge < -0.3 is 5.11 Å². The maximum atomic E-state index is 12.0. The van der Waals surface area contributed by atoms with Crippen LogP contribution < -0.4 is 0 Å². The van der Waals surface area contributed by atoms with Crippen LogP contribution in [0.3, 0.4) is 0 Å². The van der Waals surface area contributed by atoms with Gasteiger partial charge in [0.05, 0.1) is 16.6 Å². The van der Waals surface area contributed by atoms with Crippen LogP contribution in [-0.4, -0.2) is 21.8 Å². The molecule has 7 heteroatoms. The van der Waals surface area contributed by atoms with Gasteiger partial charge in [0, 0.05) is 28.8 Å². The number of rotatable bonds is 7. The highest BCUT2D eigenvalue weighted by Crippen LogP contribution is 2.32. The van der Waals surface area contributed by atoms with E-state index in [2.05, 4.69) is 4.98 Å². The van der Waals surface area contributed by atoms with Crippen LogP contribution in [0.15, 0.2) is 23.6 Å². The summed E-state index contributed by atoms with van der Waals surface area (Å²) in [6.07, 6.45) is 0.593. The molecule has 1 aromatic heterocycles. The maximum Gasteiger partial charge on any atom is 0.306 e. The van der Waals surface area contributed by atoms with Gasteiger partial charge >= 0.3 is 5.97 Å². The minimum atomic E-state index is -0.937. The lowest BCUT2D eigenvalue weighted by Crippen LogP contribution is -2.18. The smallest absolute Gasteiger partial charge is 0.306 e. The number of aliphatic carboxylic acids is 1. The van der Waals surface area contributed by atoms with E-state index in [9.17, 15) is 9.59 Å². The minimum absolute atomic E-state index is 0.0282. The average Bonchev–Trinajstić information content (AvgIpc) is 2.92. The number of hydrogen-bond donors (Lipinski definition) is 1. The van der Waals surface area contributed by atoms with E-state index in [1.165, 1.54) is 11.3 Å². The number of halogens is 2. The molecule has 1 aromatic carbocycles. The Balaban J connectivity index is 2.07. The van der Waals surface area contributed by atoms with Crippen LogP contribution in [0, 0.1) is 5.92 Å². The highest BCUT2D eigenvalue weighted by Gasteiger charge is 2.20. The van der Waals surface area contributed by atoms with E-state index in [4.69, 9.17) is 28.3 Å². The summed E-state index contributed by atoms with van der Waals surface area (Å²) in [5.74, 6) is -1.70. The van der Waals surface area contributed by atoms with Gasteiger partial charge in [-0.2, -0.15) is 0 Å². The molecule has 1 atom stereocenters. The molecule has 4 nitrogen and oxygen atoms in total. The summed E-state index contributed by atoms with van der Waals surface area (Å²) >= 11 is 13.4. The quantitative estimate of drug-likeness (QED) is 0.763. The third kappa shape index (κ3) is 4.77. The molecule has 23 heavy (non-hydrogen) atoms. The molecule has 1 heterocycles. The summed E-state index contributed by atoms with van der Waals surface area (Å²) in [6.45, 7) is 1.76. The maximum absolute atomic E-state index is 12.0. The predicted molar refractivity (Wildman–Crippen MR) is 92.3 cm³/mol. The van der Waals surface area contributed by atoms with Gasteiger partial charge in [-0.3, -0.25) is 9.59 Å². The largest absolute Gasteiger partial charge is 0.481 e. The van der Waals surface area contributed by atoms with Crippen LogP contribution >= 0.6 is 34.5 Å². The molecule has 0 aliphatic heterocycles. The van der Waals surface area contributed by atoms with Gasteiger partial charge in [0.2, 0.25) is 0 Å². The SMILES string of the molecule is CCC(CC(=O)Cc1csc(-c2ccc(Cl)cc2Cl)n1)C(=O)O. The fraction of sp³-hybridized carbons (Fsp3) is 0.312. The number of ketones is 1. The van der Waals surface area contributed by atoms with Crippen molar-refractivity contribution < 1.29 is 14.7 Å². The topological polar surface area (TPSA) is 67.3 Å². The lowest BCUT2D eigenvalue weighted by molar-refractivity contribution is -0.143. The first kappa shape index (κ1) is 17.9. The van der Waals surface area contributed by atoms with E-state index in [0.29, 0.717) is 27.2 Å². The first-order valence-electron chi connectivity index (χ1n) is 7.05. The number of carboxylic acid groups (broad SMARTS) is 1. The molecule has 1 unspecified atom stereocenters. The zero-order valence-electron chi connectivity index (χ0n) is 12.4. The van der Waals surface area contributed by atoms with Crippen LogP contribution in [0.5, 0.6) is 0 Å². The summed E-state index contributed by atoms with van der Waals surface area (Å²) in [7, 11) is 0. The van der Waals surface area contributed by atoms with Gasteiger partial charge in [0.25, 0.3) is 0 Å². The monoisotopic (exact) mass is 371 g/mol. The number of Topliss-reactive ketones (excluding diaryl/α,β-unsaturated/α-hetero) is 1. The van der Waals surface area contributed by atoms with Crippen molar-refractivity contribution in [2.75, 3.05) is 0 Å². The lowest BCUT2D eigenvalue weighted by Gasteiger charge is -2.07. The summed E-state index contributed by atoms with van der Waals surface area (Å²) in [4.78, 5) is 27.4. The second-order valence-electron chi connectivity index (χ2n) is 5.13. The third-order valence-electron chi connectivity index (χ3n) is 3.41. The van der Waals surface area contributed by atoms with Crippen LogP contribution in [0.25, 0.3) is 10.6 Å². The number of carboxylic acids is 1. The number of carbonyl (C=O) groups is 2. The van der Waals surface area contributed by atoms with Crippen molar-refractivity contribution >= 4 is 46.3 Å². The number of thiazole rings is 1. The van der Waals surface area contributed by atoms with Crippen LogP contribution in [0.1, 0.15) is 25.5 Å². The summed E-state index contributed by atoms with van der Waals surface area (Å²) < 4.78 is 0. The van der Waals surface area contributed by atoms with E-state index in [0.717, 1.165) is 5.56 Å². The molecular formula is C16H15Cl2NO3S. The van der Waals surface area contributed by atoms with Gasteiger partial charge in [0.1, 0.15) is 10.8 Å². The number of hydrogen-bond acceptors (Lipinski definition) is 4. The summed E-state index contributed by atoms with van der Waals surface area (Å²) in [5, 5.41) is 12.6. The standard InChI is InChI=1S/C16H15Cl2NO3S/c1-2-9(16(21)22)5-12(20)7-11-8-23-15(19-11)13-4-3-10(17)6-14(13)18/h3-4,6,8-9H,2,5,7H2,1H3,(H,21,22). The molecular weight excluding hydrogens is 357 g/mol. The van der Waals surface area contributed by atoms with Gasteiger partial charge in [-0.05, 0) is 24.6 Å². The van der Waals surface area contributed by atoms with Gasteiger partial charge in [-0.1, -0.05) is 30.1 Å². The number of aromatic nitrogens is 1. The molecule has 0 fully saturated rings. The Hall–Kier alpha value is -1.43. The summed E-state index contributed by atoms with van der Waals surface area (Å²) in [6, 6.07) is 5.16. The van der Waals surface area contributed by atoms with Gasteiger partial charge in [-0.15, -0.1) is 11.3 Å². The molecule has 122 valence electrons. The third-order valence-corrected chi connectivity index (χ3v) is 4.88.